The molecule has 0 heterocycles. The van der Waals surface area contributed by atoms with Crippen molar-refractivity contribution in [1.29, 1.82) is 0 Å². The maximum Gasteiger partial charge on any atom is 0.573 e. The average Bonchev–Trinajstić information content (AvgIpc) is 2.32. The number of halogens is 4. The van der Waals surface area contributed by atoms with Crippen LogP contribution in [0.4, 0.5) is 17.6 Å². The van der Waals surface area contributed by atoms with Gasteiger partial charge in [0.15, 0.2) is 5.83 Å². The second kappa shape index (κ2) is 5.75. The zero-order valence-corrected chi connectivity index (χ0v) is 10.9. The van der Waals surface area contributed by atoms with Crippen LogP contribution in [0.25, 0.3) is 0 Å². The Morgan fingerprint density at radius 3 is 2.29 bits per heavy atom. The molecule has 0 aliphatic heterocycles. The molecule has 0 unspecified atom stereocenters. The van der Waals surface area contributed by atoms with Crippen LogP contribution in [0, 0.1) is 0 Å². The number of alkyl halides is 3. The van der Waals surface area contributed by atoms with Crippen LogP contribution in [0.5, 0.6) is 5.75 Å². The summed E-state index contributed by atoms with van der Waals surface area (Å²) in [7, 11) is 0. The van der Waals surface area contributed by atoms with Crippen molar-refractivity contribution in [2.45, 2.75) is 31.2 Å². The maximum absolute atomic E-state index is 12.5. The van der Waals surface area contributed by atoms with Gasteiger partial charge in [0, 0.05) is 6.04 Å². The molecular formula is C14H13F4NO2. The number of carbonyl (C=O) groups excluding carboxylic acids is 1. The predicted molar refractivity (Wildman–Crippen MR) is 67.3 cm³/mol. The van der Waals surface area contributed by atoms with E-state index in [1.807, 2.05) is 0 Å². The Balaban J connectivity index is 1.85. The minimum atomic E-state index is -4.71. The third kappa shape index (κ3) is 4.21. The molecule has 0 bridgehead atoms. The lowest BCUT2D eigenvalue weighted by Crippen LogP contribution is -2.43. The van der Waals surface area contributed by atoms with E-state index in [0.717, 1.165) is 5.56 Å². The molecule has 3 nitrogen and oxygen atoms in total. The van der Waals surface area contributed by atoms with Crippen LogP contribution in [0.1, 0.15) is 24.3 Å². The minimum absolute atomic E-state index is 0.128. The summed E-state index contributed by atoms with van der Waals surface area (Å²) in [5, 5.41) is 2.47. The van der Waals surface area contributed by atoms with Gasteiger partial charge in [-0.3, -0.25) is 4.79 Å². The topological polar surface area (TPSA) is 38.3 Å². The normalized spacial score (nSPS) is 21.3. The molecule has 0 saturated heterocycles. The van der Waals surface area contributed by atoms with E-state index in [0.29, 0.717) is 12.8 Å². The smallest absolute Gasteiger partial charge is 0.406 e. The van der Waals surface area contributed by atoms with E-state index in [9.17, 15) is 22.4 Å². The highest BCUT2D eigenvalue weighted by atomic mass is 19.4. The summed E-state index contributed by atoms with van der Waals surface area (Å²) in [6, 6.07) is 5.47. The Bertz CT molecular complexity index is 533. The van der Waals surface area contributed by atoms with Gasteiger partial charge in [0.25, 0.3) is 5.91 Å². The number of benzene rings is 1. The third-order valence-electron chi connectivity index (χ3n) is 3.30. The molecule has 1 N–H and O–H groups in total. The first-order chi connectivity index (χ1) is 9.74. The Kier molecular flexibility index (Phi) is 4.20. The van der Waals surface area contributed by atoms with E-state index < -0.39 is 18.1 Å². The molecule has 114 valence electrons. The van der Waals surface area contributed by atoms with Crippen molar-refractivity contribution in [3.63, 3.8) is 0 Å². The van der Waals surface area contributed by atoms with E-state index in [1.165, 1.54) is 12.1 Å². The van der Waals surface area contributed by atoms with Crippen molar-refractivity contribution in [2.75, 3.05) is 0 Å². The van der Waals surface area contributed by atoms with Crippen LogP contribution < -0.4 is 10.1 Å². The van der Waals surface area contributed by atoms with Gasteiger partial charge in [0.2, 0.25) is 0 Å². The van der Waals surface area contributed by atoms with Crippen molar-refractivity contribution in [1.82, 2.24) is 5.32 Å². The van der Waals surface area contributed by atoms with Crippen LogP contribution in [0.2, 0.25) is 0 Å². The average molecular weight is 303 g/mol. The largest absolute Gasteiger partial charge is 0.573 e. The highest BCUT2D eigenvalue weighted by Gasteiger charge is 2.33. The fourth-order valence-electron chi connectivity index (χ4n) is 2.21. The van der Waals surface area contributed by atoms with E-state index in [4.69, 9.17) is 0 Å². The van der Waals surface area contributed by atoms with Crippen molar-refractivity contribution in [3.8, 4) is 5.75 Å². The van der Waals surface area contributed by atoms with Crippen LogP contribution in [0.3, 0.4) is 0 Å². The van der Waals surface area contributed by atoms with E-state index in [1.54, 1.807) is 12.1 Å². The van der Waals surface area contributed by atoms with Crippen molar-refractivity contribution < 1.29 is 27.1 Å². The SMILES string of the molecule is C=C(F)C(=O)NC1CC(c2ccc(OC(F)(F)F)cc2)C1. The molecule has 0 aromatic heterocycles. The first-order valence-electron chi connectivity index (χ1n) is 6.25. The highest BCUT2D eigenvalue weighted by molar-refractivity contribution is 5.90. The number of nitrogens with one attached hydrogen (secondary N) is 1. The summed E-state index contributed by atoms with van der Waals surface area (Å²) in [5.41, 5.74) is 0.856. The number of ether oxygens (including phenoxy) is 1. The lowest BCUT2D eigenvalue weighted by Gasteiger charge is -2.36. The molecule has 7 heteroatoms. The number of rotatable bonds is 4. The molecule has 0 radical (unpaired) electrons. The first-order valence-corrected chi connectivity index (χ1v) is 6.25. The van der Waals surface area contributed by atoms with E-state index in [2.05, 4.69) is 16.6 Å². The molecule has 1 aromatic carbocycles. The summed E-state index contributed by atoms with van der Waals surface area (Å²) in [6.45, 7) is 2.90. The van der Waals surface area contributed by atoms with E-state index in [-0.39, 0.29) is 17.7 Å². The van der Waals surface area contributed by atoms with Gasteiger partial charge in [0.05, 0.1) is 0 Å². The van der Waals surface area contributed by atoms with Crippen LogP contribution in [-0.2, 0) is 4.79 Å². The third-order valence-corrected chi connectivity index (χ3v) is 3.30. The van der Waals surface area contributed by atoms with Gasteiger partial charge < -0.3 is 10.1 Å². The molecule has 1 aromatic rings. The number of hydrogen-bond donors (Lipinski definition) is 1. The van der Waals surface area contributed by atoms with Gasteiger partial charge in [-0.25, -0.2) is 4.39 Å². The standard InChI is InChI=1S/C14H13F4NO2/c1-8(15)13(20)19-11-6-10(7-11)9-2-4-12(5-3-9)21-14(16,17)18/h2-5,10-11H,1,6-7H2,(H,19,20). The zero-order valence-electron chi connectivity index (χ0n) is 10.9. The Labute approximate surface area is 118 Å². The summed E-state index contributed by atoms with van der Waals surface area (Å²) in [5.74, 6) is -2.01. The van der Waals surface area contributed by atoms with Gasteiger partial charge >= 0.3 is 6.36 Å². The second-order valence-electron chi connectivity index (χ2n) is 4.86. The van der Waals surface area contributed by atoms with Crippen molar-refractivity contribution >= 4 is 5.91 Å². The highest BCUT2D eigenvalue weighted by Crippen LogP contribution is 2.37. The van der Waals surface area contributed by atoms with Gasteiger partial charge in [-0.15, -0.1) is 13.2 Å². The summed E-state index contributed by atoms with van der Waals surface area (Å²) >= 11 is 0. The fourth-order valence-corrected chi connectivity index (χ4v) is 2.21. The predicted octanol–water partition coefficient (Wildman–Crippen LogP) is 3.43. The second-order valence-corrected chi connectivity index (χ2v) is 4.86. The Morgan fingerprint density at radius 1 is 1.24 bits per heavy atom. The molecule has 1 amide bonds. The Morgan fingerprint density at radius 2 is 1.81 bits per heavy atom. The number of carbonyl (C=O) groups is 1. The van der Waals surface area contributed by atoms with Gasteiger partial charge in [-0.05, 0) is 36.5 Å². The summed E-state index contributed by atoms with van der Waals surface area (Å²) in [6.07, 6.45) is -3.49. The molecular weight excluding hydrogens is 290 g/mol. The summed E-state index contributed by atoms with van der Waals surface area (Å²) < 4.78 is 52.3. The monoisotopic (exact) mass is 303 g/mol. The number of amides is 1. The van der Waals surface area contributed by atoms with Crippen molar-refractivity contribution in [2.24, 2.45) is 0 Å². The van der Waals surface area contributed by atoms with Gasteiger partial charge in [-0.2, -0.15) is 0 Å². The molecule has 1 saturated carbocycles. The molecule has 2 rings (SSSR count). The lowest BCUT2D eigenvalue weighted by atomic mass is 9.76. The maximum atomic E-state index is 12.5. The fraction of sp³-hybridized carbons (Fsp3) is 0.357. The lowest BCUT2D eigenvalue weighted by molar-refractivity contribution is -0.274. The molecule has 0 spiro atoms. The van der Waals surface area contributed by atoms with Crippen LogP contribution in [-0.4, -0.2) is 18.3 Å². The Hall–Kier alpha value is -2.05. The van der Waals surface area contributed by atoms with Crippen LogP contribution >= 0.6 is 0 Å². The van der Waals surface area contributed by atoms with Gasteiger partial charge in [-0.1, -0.05) is 18.7 Å². The minimum Gasteiger partial charge on any atom is -0.406 e. The van der Waals surface area contributed by atoms with E-state index >= 15 is 0 Å². The summed E-state index contributed by atoms with van der Waals surface area (Å²) in [4.78, 5) is 11.1. The van der Waals surface area contributed by atoms with Crippen LogP contribution in [0.15, 0.2) is 36.7 Å². The van der Waals surface area contributed by atoms with Crippen molar-refractivity contribution in [3.05, 3.63) is 42.2 Å². The number of hydrogen-bond acceptors (Lipinski definition) is 2. The molecule has 1 aliphatic carbocycles. The zero-order chi connectivity index (χ0) is 15.6. The molecule has 1 fully saturated rings. The molecule has 0 atom stereocenters. The molecule has 21 heavy (non-hydrogen) atoms. The first kappa shape index (κ1) is 15.3. The van der Waals surface area contributed by atoms with Gasteiger partial charge in [0.1, 0.15) is 5.75 Å². The quantitative estimate of drug-likeness (QED) is 0.683. The molecule has 1 aliphatic rings.